The molecule has 0 amide bonds. The first-order chi connectivity index (χ1) is 10.1. The molecule has 2 fully saturated rings. The predicted molar refractivity (Wildman–Crippen MR) is 82.0 cm³/mol. The molecule has 0 spiro atoms. The number of aliphatic hydroxyl groups is 1. The Morgan fingerprint density at radius 3 is 2.90 bits per heavy atom. The van der Waals surface area contributed by atoms with Crippen molar-refractivity contribution in [2.75, 3.05) is 0 Å². The fraction of sp³-hybridized carbons (Fsp3) is 0.632. The molecule has 4 atom stereocenters. The van der Waals surface area contributed by atoms with Gasteiger partial charge in [0.05, 0.1) is 6.61 Å². The molecule has 2 heteroatoms. The molecular formula is C19H24O2. The highest BCUT2D eigenvalue weighted by Crippen LogP contribution is 2.59. The maximum atomic E-state index is 12.3. The van der Waals surface area contributed by atoms with E-state index in [1.54, 1.807) is 0 Å². The molecule has 0 saturated heterocycles. The molecule has 0 radical (unpaired) electrons. The van der Waals surface area contributed by atoms with Crippen LogP contribution in [0.15, 0.2) is 18.2 Å². The van der Waals surface area contributed by atoms with Gasteiger partial charge in [0.15, 0.2) is 0 Å². The van der Waals surface area contributed by atoms with Gasteiger partial charge in [0.2, 0.25) is 0 Å². The van der Waals surface area contributed by atoms with Crippen LogP contribution in [0.4, 0.5) is 0 Å². The summed E-state index contributed by atoms with van der Waals surface area (Å²) in [7, 11) is 0. The molecule has 1 aromatic carbocycles. The highest BCUT2D eigenvalue weighted by atomic mass is 16.3. The predicted octanol–water partition coefficient (Wildman–Crippen LogP) is 3.60. The van der Waals surface area contributed by atoms with E-state index in [4.69, 9.17) is 0 Å². The quantitative estimate of drug-likeness (QED) is 0.855. The van der Waals surface area contributed by atoms with Gasteiger partial charge in [-0.1, -0.05) is 25.1 Å². The summed E-state index contributed by atoms with van der Waals surface area (Å²) in [5, 5.41) is 9.32. The highest BCUT2D eigenvalue weighted by Gasteiger charge is 2.54. The zero-order chi connectivity index (χ0) is 14.6. The number of ketones is 1. The summed E-state index contributed by atoms with van der Waals surface area (Å²) >= 11 is 0. The number of hydrogen-bond donors (Lipinski definition) is 1. The van der Waals surface area contributed by atoms with Gasteiger partial charge in [0, 0.05) is 11.8 Å². The molecule has 3 aliphatic carbocycles. The third-order valence-electron chi connectivity index (χ3n) is 6.68. The number of hydrogen-bond acceptors (Lipinski definition) is 2. The Balaban J connectivity index is 1.70. The van der Waals surface area contributed by atoms with Crippen LogP contribution in [0.3, 0.4) is 0 Å². The number of aliphatic hydroxyl groups excluding tert-OH is 1. The number of carbonyl (C=O) groups is 1. The van der Waals surface area contributed by atoms with Crippen LogP contribution < -0.4 is 0 Å². The van der Waals surface area contributed by atoms with Crippen molar-refractivity contribution in [2.24, 2.45) is 17.3 Å². The topological polar surface area (TPSA) is 37.3 Å². The number of rotatable bonds is 1. The Hall–Kier alpha value is -1.15. The van der Waals surface area contributed by atoms with Crippen LogP contribution in [0.5, 0.6) is 0 Å². The number of Topliss-reactive ketones (excluding diaryl/α,β-unsaturated/α-hetero) is 1. The van der Waals surface area contributed by atoms with E-state index in [0.717, 1.165) is 37.7 Å². The van der Waals surface area contributed by atoms with Gasteiger partial charge in [-0.15, -0.1) is 0 Å². The van der Waals surface area contributed by atoms with Gasteiger partial charge < -0.3 is 5.11 Å². The average molecular weight is 284 g/mol. The largest absolute Gasteiger partial charge is 0.392 e. The van der Waals surface area contributed by atoms with Gasteiger partial charge in [-0.3, -0.25) is 4.79 Å². The smallest absolute Gasteiger partial charge is 0.139 e. The summed E-state index contributed by atoms with van der Waals surface area (Å²) < 4.78 is 0. The third kappa shape index (κ3) is 1.85. The van der Waals surface area contributed by atoms with E-state index in [1.807, 2.05) is 0 Å². The molecule has 21 heavy (non-hydrogen) atoms. The van der Waals surface area contributed by atoms with Gasteiger partial charge in [-0.2, -0.15) is 0 Å². The van der Waals surface area contributed by atoms with Crippen molar-refractivity contribution in [1.29, 1.82) is 0 Å². The summed E-state index contributed by atoms with van der Waals surface area (Å²) in [6.07, 6.45) is 6.49. The molecule has 0 bridgehead atoms. The number of carbonyl (C=O) groups excluding carboxylic acids is 1. The molecule has 1 aromatic rings. The molecule has 112 valence electrons. The van der Waals surface area contributed by atoms with Crippen LogP contribution in [-0.4, -0.2) is 10.9 Å². The van der Waals surface area contributed by atoms with E-state index in [-0.39, 0.29) is 12.0 Å². The van der Waals surface area contributed by atoms with Crippen LogP contribution in [0.2, 0.25) is 0 Å². The van der Waals surface area contributed by atoms with Crippen molar-refractivity contribution < 1.29 is 9.90 Å². The maximum absolute atomic E-state index is 12.3. The van der Waals surface area contributed by atoms with Gasteiger partial charge >= 0.3 is 0 Å². The second-order valence-corrected chi connectivity index (χ2v) is 7.52. The summed E-state index contributed by atoms with van der Waals surface area (Å²) in [5.41, 5.74) is 3.95. The van der Waals surface area contributed by atoms with E-state index in [9.17, 15) is 9.90 Å². The Morgan fingerprint density at radius 1 is 1.24 bits per heavy atom. The van der Waals surface area contributed by atoms with E-state index in [0.29, 0.717) is 23.5 Å². The van der Waals surface area contributed by atoms with Gasteiger partial charge in [-0.05, 0) is 66.5 Å². The summed E-state index contributed by atoms with van der Waals surface area (Å²) in [6.45, 7) is 2.37. The Labute approximate surface area is 126 Å². The third-order valence-corrected chi connectivity index (χ3v) is 6.68. The minimum atomic E-state index is -0.0241. The molecule has 4 rings (SSSR count). The normalized spacial score (nSPS) is 37.8. The molecule has 0 aliphatic heterocycles. The number of fused-ring (bicyclic) bond motifs is 5. The first-order valence-corrected chi connectivity index (χ1v) is 8.39. The van der Waals surface area contributed by atoms with E-state index in [1.165, 1.54) is 17.5 Å². The average Bonchev–Trinajstić information content (AvgIpc) is 2.82. The van der Waals surface area contributed by atoms with E-state index < -0.39 is 0 Å². The second kappa shape index (κ2) is 4.67. The summed E-state index contributed by atoms with van der Waals surface area (Å²) in [6, 6.07) is 6.52. The Bertz CT molecular complexity index is 591. The van der Waals surface area contributed by atoms with Crippen molar-refractivity contribution in [1.82, 2.24) is 0 Å². The van der Waals surface area contributed by atoms with Gasteiger partial charge in [0.1, 0.15) is 5.78 Å². The highest BCUT2D eigenvalue weighted by molar-refractivity contribution is 5.87. The van der Waals surface area contributed by atoms with Gasteiger partial charge in [-0.25, -0.2) is 0 Å². The monoisotopic (exact) mass is 284 g/mol. The summed E-state index contributed by atoms with van der Waals surface area (Å²) in [5.74, 6) is 2.47. The molecule has 2 nitrogen and oxygen atoms in total. The van der Waals surface area contributed by atoms with Gasteiger partial charge in [0.25, 0.3) is 0 Å². The van der Waals surface area contributed by atoms with E-state index in [2.05, 4.69) is 25.1 Å². The minimum absolute atomic E-state index is 0.0241. The Kier molecular flexibility index (Phi) is 3.01. The first-order valence-electron chi connectivity index (χ1n) is 8.39. The molecule has 0 heterocycles. The van der Waals surface area contributed by atoms with E-state index >= 15 is 0 Å². The van der Waals surface area contributed by atoms with Crippen LogP contribution in [0.25, 0.3) is 0 Å². The second-order valence-electron chi connectivity index (χ2n) is 7.52. The summed E-state index contributed by atoms with van der Waals surface area (Å²) in [4.78, 5) is 12.3. The zero-order valence-corrected chi connectivity index (χ0v) is 12.8. The number of aryl methyl sites for hydroxylation is 1. The lowest BCUT2D eigenvalue weighted by atomic mass is 9.55. The minimum Gasteiger partial charge on any atom is -0.392 e. The van der Waals surface area contributed by atoms with Crippen LogP contribution in [0.1, 0.15) is 61.6 Å². The molecule has 2 saturated carbocycles. The van der Waals surface area contributed by atoms with Crippen molar-refractivity contribution in [3.8, 4) is 0 Å². The molecular weight excluding hydrogens is 260 g/mol. The van der Waals surface area contributed by atoms with Crippen LogP contribution in [0, 0.1) is 17.3 Å². The molecule has 3 aliphatic rings. The fourth-order valence-corrected chi connectivity index (χ4v) is 5.51. The lowest BCUT2D eigenvalue weighted by molar-refractivity contribution is -0.129. The van der Waals surface area contributed by atoms with Crippen molar-refractivity contribution >= 4 is 5.78 Å². The maximum Gasteiger partial charge on any atom is 0.139 e. The Morgan fingerprint density at radius 2 is 2.10 bits per heavy atom. The van der Waals surface area contributed by atoms with Crippen molar-refractivity contribution in [3.05, 3.63) is 34.9 Å². The SMILES string of the molecule is C[C@]12CC[C@@H]3c4ccc(CO)cc4CC[C@H]3[C@@H]1CCC2=O. The first kappa shape index (κ1) is 13.5. The van der Waals surface area contributed by atoms with Crippen LogP contribution in [-0.2, 0) is 17.8 Å². The standard InChI is InChI=1S/C19H24O2/c1-19-9-8-15-14-4-2-12(11-20)10-13(14)3-5-16(15)17(19)6-7-18(19)21/h2,4,10,15-17,20H,3,5-9,11H2,1H3/t15-,16-,17+,19+/m1/s1. The zero-order valence-electron chi connectivity index (χ0n) is 12.8. The fourth-order valence-electron chi connectivity index (χ4n) is 5.51. The van der Waals surface area contributed by atoms with Crippen LogP contribution >= 0.6 is 0 Å². The van der Waals surface area contributed by atoms with Crippen molar-refractivity contribution in [3.63, 3.8) is 0 Å². The lowest BCUT2D eigenvalue weighted by Crippen LogP contribution is -2.42. The molecule has 0 aromatic heterocycles. The van der Waals surface area contributed by atoms with Crippen molar-refractivity contribution in [2.45, 2.75) is 58.0 Å². The number of benzene rings is 1. The lowest BCUT2D eigenvalue weighted by Gasteiger charge is -2.48. The molecule has 0 unspecified atom stereocenters. The molecule has 1 N–H and O–H groups in total.